The molecule has 116 valence electrons. The Labute approximate surface area is 132 Å². The lowest BCUT2D eigenvalue weighted by molar-refractivity contribution is 0.147. The van der Waals surface area contributed by atoms with Crippen molar-refractivity contribution in [3.63, 3.8) is 0 Å². The van der Waals surface area contributed by atoms with Gasteiger partial charge < -0.3 is 9.47 Å². The molecule has 1 unspecified atom stereocenters. The first kappa shape index (κ1) is 13.7. The van der Waals surface area contributed by atoms with E-state index in [2.05, 4.69) is 23.6 Å². The highest BCUT2D eigenvalue weighted by molar-refractivity contribution is 6.99. The van der Waals surface area contributed by atoms with Crippen molar-refractivity contribution in [1.29, 1.82) is 0 Å². The van der Waals surface area contributed by atoms with E-state index < -0.39 is 0 Å². The Morgan fingerprint density at radius 3 is 2.73 bits per heavy atom. The van der Waals surface area contributed by atoms with Crippen LogP contribution in [-0.2, 0) is 7.05 Å². The van der Waals surface area contributed by atoms with Crippen LogP contribution in [0.25, 0.3) is 0 Å². The molecule has 2 aromatic heterocycles. The summed E-state index contributed by atoms with van der Waals surface area (Å²) in [6.45, 7) is 0. The van der Waals surface area contributed by atoms with Crippen LogP contribution in [-0.4, -0.2) is 41.3 Å². The highest BCUT2D eigenvalue weighted by atomic mass is 32.1. The lowest BCUT2D eigenvalue weighted by atomic mass is 9.90. The van der Waals surface area contributed by atoms with Gasteiger partial charge in [0.1, 0.15) is 5.82 Å². The zero-order chi connectivity index (χ0) is 15.1. The molecule has 0 aliphatic carbocycles. The molecule has 3 atom stereocenters. The highest BCUT2D eigenvalue weighted by Crippen LogP contribution is 2.42. The molecule has 8 heteroatoms. The minimum absolute atomic E-state index is 0.0431. The third-order valence-electron chi connectivity index (χ3n) is 4.79. The van der Waals surface area contributed by atoms with Gasteiger partial charge in [-0.15, -0.1) is 0 Å². The number of fused-ring (bicyclic) bond motifs is 2. The van der Waals surface area contributed by atoms with E-state index >= 15 is 0 Å². The Morgan fingerprint density at radius 2 is 2.14 bits per heavy atom. The Hall–Kier alpha value is -1.96. The van der Waals surface area contributed by atoms with Crippen LogP contribution in [0.4, 0.5) is 10.6 Å². The number of nitrogens with zero attached hydrogens (tertiary/aromatic N) is 5. The van der Waals surface area contributed by atoms with Crippen molar-refractivity contribution < 1.29 is 4.79 Å². The SMILES string of the molecule is Cn1ccnc1C1C[C@H]2CC[C@@H](C1)N2C(=O)Nc1cnsn1. The minimum Gasteiger partial charge on any atom is -0.338 e. The molecule has 4 rings (SSSR count). The van der Waals surface area contributed by atoms with Gasteiger partial charge in [0.15, 0.2) is 5.82 Å². The summed E-state index contributed by atoms with van der Waals surface area (Å²) in [7, 11) is 2.04. The van der Waals surface area contributed by atoms with E-state index in [9.17, 15) is 4.79 Å². The van der Waals surface area contributed by atoms with Crippen molar-refractivity contribution in [3.8, 4) is 0 Å². The van der Waals surface area contributed by atoms with Gasteiger partial charge in [-0.2, -0.15) is 8.75 Å². The number of hydrogen-bond acceptors (Lipinski definition) is 5. The van der Waals surface area contributed by atoms with Gasteiger partial charge in [-0.05, 0) is 25.7 Å². The van der Waals surface area contributed by atoms with E-state index in [4.69, 9.17) is 0 Å². The summed E-state index contributed by atoms with van der Waals surface area (Å²) >= 11 is 1.10. The number of nitrogens with one attached hydrogen (secondary N) is 1. The average molecular weight is 318 g/mol. The number of hydrogen-bond donors (Lipinski definition) is 1. The maximum Gasteiger partial charge on any atom is 0.323 e. The molecule has 7 nitrogen and oxygen atoms in total. The summed E-state index contributed by atoms with van der Waals surface area (Å²) < 4.78 is 10.1. The topological polar surface area (TPSA) is 75.9 Å². The van der Waals surface area contributed by atoms with Crippen molar-refractivity contribution in [2.75, 3.05) is 5.32 Å². The molecule has 0 saturated carbocycles. The van der Waals surface area contributed by atoms with Gasteiger partial charge in [0.2, 0.25) is 0 Å². The van der Waals surface area contributed by atoms with Crippen LogP contribution in [0.15, 0.2) is 18.6 Å². The molecule has 4 heterocycles. The Balaban J connectivity index is 1.49. The number of aromatic nitrogens is 4. The van der Waals surface area contributed by atoms with Crippen LogP contribution in [0.2, 0.25) is 0 Å². The van der Waals surface area contributed by atoms with E-state index in [0.717, 1.165) is 43.2 Å². The molecule has 2 aliphatic heterocycles. The maximum atomic E-state index is 12.5. The van der Waals surface area contributed by atoms with E-state index in [-0.39, 0.29) is 6.03 Å². The summed E-state index contributed by atoms with van der Waals surface area (Å²) in [5.41, 5.74) is 0. The molecule has 2 fully saturated rings. The van der Waals surface area contributed by atoms with Gasteiger partial charge in [0.25, 0.3) is 0 Å². The van der Waals surface area contributed by atoms with Crippen molar-refractivity contribution in [1.82, 2.24) is 23.2 Å². The quantitative estimate of drug-likeness (QED) is 0.921. The lowest BCUT2D eigenvalue weighted by Gasteiger charge is -2.38. The van der Waals surface area contributed by atoms with Crippen LogP contribution >= 0.6 is 11.7 Å². The summed E-state index contributed by atoms with van der Waals surface area (Å²) in [5, 5.41) is 2.86. The number of anilines is 1. The molecule has 22 heavy (non-hydrogen) atoms. The average Bonchev–Trinajstić information content (AvgIpc) is 3.20. The van der Waals surface area contributed by atoms with Gasteiger partial charge >= 0.3 is 6.03 Å². The fourth-order valence-corrected chi connectivity index (χ4v) is 4.26. The molecule has 2 amide bonds. The predicted octanol–water partition coefficient (Wildman–Crippen LogP) is 2.21. The largest absolute Gasteiger partial charge is 0.338 e. The number of urea groups is 1. The van der Waals surface area contributed by atoms with Crippen molar-refractivity contribution >= 4 is 23.6 Å². The number of carbonyl (C=O) groups excluding carboxylic acids is 1. The summed E-state index contributed by atoms with van der Waals surface area (Å²) in [4.78, 5) is 19.0. The number of piperidine rings is 1. The molecule has 2 bridgehead atoms. The van der Waals surface area contributed by atoms with Crippen molar-refractivity contribution in [2.45, 2.75) is 43.7 Å². The van der Waals surface area contributed by atoms with E-state index in [0.29, 0.717) is 23.8 Å². The van der Waals surface area contributed by atoms with E-state index in [1.165, 1.54) is 0 Å². The van der Waals surface area contributed by atoms with Crippen molar-refractivity contribution in [2.24, 2.45) is 7.05 Å². The first-order valence-corrected chi connectivity index (χ1v) is 8.29. The monoisotopic (exact) mass is 318 g/mol. The first-order chi connectivity index (χ1) is 10.7. The van der Waals surface area contributed by atoms with E-state index in [1.54, 1.807) is 6.20 Å². The molecule has 1 N–H and O–H groups in total. The van der Waals surface area contributed by atoms with Crippen LogP contribution in [0.1, 0.15) is 37.4 Å². The molecule has 2 saturated heterocycles. The van der Waals surface area contributed by atoms with Gasteiger partial charge in [0.05, 0.1) is 17.9 Å². The Morgan fingerprint density at radius 1 is 1.36 bits per heavy atom. The number of rotatable bonds is 2. The first-order valence-electron chi connectivity index (χ1n) is 7.56. The summed E-state index contributed by atoms with van der Waals surface area (Å²) in [6, 6.07) is 0.553. The smallest absolute Gasteiger partial charge is 0.323 e. The zero-order valence-corrected chi connectivity index (χ0v) is 13.2. The Kier molecular flexibility index (Phi) is 3.33. The minimum atomic E-state index is -0.0431. The lowest BCUT2D eigenvalue weighted by Crippen LogP contribution is -2.48. The van der Waals surface area contributed by atoms with Gasteiger partial charge in [0, 0.05) is 37.4 Å². The Bertz CT molecular complexity index is 655. The molecule has 2 aliphatic rings. The normalized spacial score (nSPS) is 27.1. The van der Waals surface area contributed by atoms with Gasteiger partial charge in [-0.3, -0.25) is 5.32 Å². The zero-order valence-electron chi connectivity index (χ0n) is 12.3. The molecule has 0 aromatic carbocycles. The molecule has 0 radical (unpaired) electrons. The highest BCUT2D eigenvalue weighted by Gasteiger charge is 2.44. The molecular formula is C14H18N6OS. The molecule has 2 aromatic rings. The summed E-state index contributed by atoms with van der Waals surface area (Å²) in [6.07, 6.45) is 9.57. The second-order valence-corrected chi connectivity index (χ2v) is 6.64. The number of amides is 2. The van der Waals surface area contributed by atoms with Gasteiger partial charge in [-0.1, -0.05) is 0 Å². The fraction of sp³-hybridized carbons (Fsp3) is 0.571. The van der Waals surface area contributed by atoms with Crippen LogP contribution < -0.4 is 5.32 Å². The second-order valence-electron chi connectivity index (χ2n) is 6.08. The molecular weight excluding hydrogens is 300 g/mol. The number of imidazole rings is 1. The maximum absolute atomic E-state index is 12.5. The molecule has 0 spiro atoms. The fourth-order valence-electron chi connectivity index (χ4n) is 3.88. The van der Waals surface area contributed by atoms with Crippen molar-refractivity contribution in [3.05, 3.63) is 24.4 Å². The van der Waals surface area contributed by atoms with Crippen LogP contribution in [0, 0.1) is 0 Å². The number of carbonyl (C=O) groups is 1. The standard InChI is InChI=1S/C14H18N6OS/c1-19-5-4-15-13(19)9-6-10-2-3-11(7-9)20(10)14(21)17-12-8-16-22-18-12/h4-5,8-11H,2-3,6-7H2,1H3,(H,17,18,21)/t9?,10-,11+. The van der Waals surface area contributed by atoms with E-state index in [1.807, 2.05) is 24.3 Å². The predicted molar refractivity (Wildman–Crippen MR) is 82.8 cm³/mol. The van der Waals surface area contributed by atoms with Gasteiger partial charge in [-0.25, -0.2) is 9.78 Å². The second kappa shape index (κ2) is 5.35. The summed E-state index contributed by atoms with van der Waals surface area (Å²) in [5.74, 6) is 2.13. The third-order valence-corrected chi connectivity index (χ3v) is 5.27. The van der Waals surface area contributed by atoms with Crippen LogP contribution in [0.5, 0.6) is 0 Å². The number of aryl methyl sites for hydroxylation is 1. The third kappa shape index (κ3) is 2.27. The van der Waals surface area contributed by atoms with Crippen LogP contribution in [0.3, 0.4) is 0 Å².